The molecule has 0 radical (unpaired) electrons. The van der Waals surface area contributed by atoms with Gasteiger partial charge in [0.25, 0.3) is 0 Å². The van der Waals surface area contributed by atoms with E-state index in [0.29, 0.717) is 16.9 Å². The molecule has 22 heavy (non-hydrogen) atoms. The van der Waals surface area contributed by atoms with Crippen LogP contribution in [-0.4, -0.2) is 13.1 Å². The van der Waals surface area contributed by atoms with E-state index in [1.807, 2.05) is 24.3 Å². The Morgan fingerprint density at radius 1 is 1.23 bits per heavy atom. The van der Waals surface area contributed by atoms with Crippen LogP contribution in [0.25, 0.3) is 5.57 Å². The van der Waals surface area contributed by atoms with E-state index in [2.05, 4.69) is 40.7 Å². The minimum Gasteiger partial charge on any atom is -0.465 e. The molecule has 0 N–H and O–H groups in total. The monoisotopic (exact) mass is 300 g/mol. The zero-order valence-electron chi connectivity index (χ0n) is 14.7. The topological polar surface area (TPSA) is 26.3 Å². The van der Waals surface area contributed by atoms with Crippen molar-refractivity contribution in [2.75, 3.05) is 7.11 Å². The van der Waals surface area contributed by atoms with Crippen molar-refractivity contribution in [1.29, 1.82) is 0 Å². The van der Waals surface area contributed by atoms with Crippen LogP contribution in [0.4, 0.5) is 0 Å². The van der Waals surface area contributed by atoms with Gasteiger partial charge in [-0.3, -0.25) is 0 Å². The van der Waals surface area contributed by atoms with Gasteiger partial charge >= 0.3 is 5.97 Å². The Bertz CT molecular complexity index is 580. The maximum Gasteiger partial charge on any atom is 0.337 e. The Labute approximate surface area is 134 Å². The average molecular weight is 300 g/mol. The number of allylic oxidation sites excluding steroid dienone is 2. The van der Waals surface area contributed by atoms with Crippen molar-refractivity contribution in [2.45, 2.75) is 47.5 Å². The fraction of sp³-hybridized carbons (Fsp3) is 0.550. The van der Waals surface area contributed by atoms with Crippen molar-refractivity contribution in [2.24, 2.45) is 16.7 Å². The van der Waals surface area contributed by atoms with E-state index >= 15 is 0 Å². The standard InChI is InChI=1S/C20H28O2/c1-7-20(5)13-12-17(19(3,4)14(20)2)15-8-10-16(11-9-15)18(21)22-6/h8-12,14H,7,13H2,1-6H3. The summed E-state index contributed by atoms with van der Waals surface area (Å²) >= 11 is 0. The van der Waals surface area contributed by atoms with Crippen molar-refractivity contribution in [3.8, 4) is 0 Å². The van der Waals surface area contributed by atoms with Crippen molar-refractivity contribution < 1.29 is 9.53 Å². The quantitative estimate of drug-likeness (QED) is 0.704. The van der Waals surface area contributed by atoms with Crippen molar-refractivity contribution in [3.05, 3.63) is 41.5 Å². The van der Waals surface area contributed by atoms with Crippen LogP contribution in [0.3, 0.4) is 0 Å². The number of carbonyl (C=O) groups is 1. The van der Waals surface area contributed by atoms with Crippen LogP contribution in [-0.2, 0) is 4.74 Å². The van der Waals surface area contributed by atoms with Crippen molar-refractivity contribution in [3.63, 3.8) is 0 Å². The predicted octanol–water partition coefficient (Wildman–Crippen LogP) is 5.34. The van der Waals surface area contributed by atoms with Gasteiger partial charge in [-0.25, -0.2) is 4.79 Å². The molecule has 2 rings (SSSR count). The molecular formula is C20H28O2. The molecule has 0 amide bonds. The molecule has 2 heteroatoms. The molecule has 0 heterocycles. The second-order valence-electron chi connectivity index (χ2n) is 7.34. The van der Waals surface area contributed by atoms with Gasteiger partial charge in [-0.1, -0.05) is 59.2 Å². The van der Waals surface area contributed by atoms with Gasteiger partial charge in [0, 0.05) is 0 Å². The zero-order valence-corrected chi connectivity index (χ0v) is 14.7. The molecule has 0 aromatic heterocycles. The Balaban J connectivity index is 2.38. The van der Waals surface area contributed by atoms with Crippen LogP contribution in [0.15, 0.2) is 30.3 Å². The summed E-state index contributed by atoms with van der Waals surface area (Å²) in [5, 5.41) is 0. The lowest BCUT2D eigenvalue weighted by Crippen LogP contribution is -2.39. The lowest BCUT2D eigenvalue weighted by atomic mass is 9.55. The lowest BCUT2D eigenvalue weighted by Gasteiger charge is -2.49. The first-order valence-electron chi connectivity index (χ1n) is 8.15. The third-order valence-corrected chi connectivity index (χ3v) is 6.02. The van der Waals surface area contributed by atoms with Crippen LogP contribution in [0.1, 0.15) is 63.4 Å². The normalized spacial score (nSPS) is 27.2. The first kappa shape index (κ1) is 16.8. The molecule has 1 aliphatic carbocycles. The molecule has 0 spiro atoms. The number of hydrogen-bond donors (Lipinski definition) is 0. The molecule has 2 atom stereocenters. The summed E-state index contributed by atoms with van der Waals surface area (Å²) < 4.78 is 4.77. The number of rotatable bonds is 3. The van der Waals surface area contributed by atoms with E-state index in [-0.39, 0.29) is 11.4 Å². The summed E-state index contributed by atoms with van der Waals surface area (Å²) in [6.07, 6.45) is 4.71. The molecule has 1 aromatic rings. The molecular weight excluding hydrogens is 272 g/mol. The van der Waals surface area contributed by atoms with E-state index in [1.54, 1.807) is 0 Å². The highest BCUT2D eigenvalue weighted by molar-refractivity contribution is 5.89. The van der Waals surface area contributed by atoms with E-state index in [9.17, 15) is 4.79 Å². The van der Waals surface area contributed by atoms with Crippen LogP contribution >= 0.6 is 0 Å². The maximum atomic E-state index is 11.6. The number of hydrogen-bond acceptors (Lipinski definition) is 2. The van der Waals surface area contributed by atoms with Crippen LogP contribution in [0.2, 0.25) is 0 Å². The molecule has 0 saturated carbocycles. The largest absolute Gasteiger partial charge is 0.465 e. The summed E-state index contributed by atoms with van der Waals surface area (Å²) in [4.78, 5) is 11.6. The minimum atomic E-state index is -0.282. The van der Waals surface area contributed by atoms with Gasteiger partial charge in [-0.2, -0.15) is 0 Å². The SMILES string of the molecule is CCC1(C)CC=C(c2ccc(C(=O)OC)cc2)C(C)(C)C1C. The number of ether oxygens (including phenoxy) is 1. The molecule has 1 aliphatic rings. The fourth-order valence-electron chi connectivity index (χ4n) is 3.72. The van der Waals surface area contributed by atoms with Crippen LogP contribution in [0, 0.1) is 16.7 Å². The maximum absolute atomic E-state index is 11.6. The zero-order chi connectivity index (χ0) is 16.5. The Hall–Kier alpha value is -1.57. The van der Waals surface area contributed by atoms with E-state index in [0.717, 1.165) is 6.42 Å². The molecule has 2 nitrogen and oxygen atoms in total. The number of methoxy groups -OCH3 is 1. The van der Waals surface area contributed by atoms with Crippen molar-refractivity contribution in [1.82, 2.24) is 0 Å². The number of carbonyl (C=O) groups excluding carboxylic acids is 1. The van der Waals surface area contributed by atoms with E-state index in [4.69, 9.17) is 4.74 Å². The predicted molar refractivity (Wildman–Crippen MR) is 91.7 cm³/mol. The first-order chi connectivity index (χ1) is 10.3. The molecule has 120 valence electrons. The third-order valence-electron chi connectivity index (χ3n) is 6.02. The molecule has 0 saturated heterocycles. The van der Waals surface area contributed by atoms with Gasteiger partial charge in [0.1, 0.15) is 0 Å². The second kappa shape index (κ2) is 5.91. The minimum absolute atomic E-state index is 0.121. The molecule has 0 bridgehead atoms. The first-order valence-corrected chi connectivity index (χ1v) is 8.15. The molecule has 2 unspecified atom stereocenters. The Kier molecular flexibility index (Phi) is 4.51. The molecule has 0 fully saturated rings. The average Bonchev–Trinajstić information content (AvgIpc) is 2.52. The van der Waals surface area contributed by atoms with Crippen LogP contribution in [0.5, 0.6) is 0 Å². The molecule has 1 aromatic carbocycles. The van der Waals surface area contributed by atoms with Crippen molar-refractivity contribution >= 4 is 11.5 Å². The summed E-state index contributed by atoms with van der Waals surface area (Å²) in [5.74, 6) is 0.320. The third kappa shape index (κ3) is 2.71. The van der Waals surface area contributed by atoms with Gasteiger partial charge in [-0.15, -0.1) is 0 Å². The highest BCUT2D eigenvalue weighted by Gasteiger charge is 2.44. The van der Waals surface area contributed by atoms with Gasteiger partial charge in [0.15, 0.2) is 0 Å². The number of benzene rings is 1. The Morgan fingerprint density at radius 2 is 1.82 bits per heavy atom. The number of esters is 1. The summed E-state index contributed by atoms with van der Waals surface area (Å²) in [7, 11) is 1.41. The smallest absolute Gasteiger partial charge is 0.337 e. The van der Waals surface area contributed by atoms with Gasteiger partial charge in [-0.05, 0) is 46.4 Å². The summed E-state index contributed by atoms with van der Waals surface area (Å²) in [6.45, 7) is 11.7. The highest BCUT2D eigenvalue weighted by atomic mass is 16.5. The summed E-state index contributed by atoms with van der Waals surface area (Å²) in [6, 6.07) is 7.80. The Morgan fingerprint density at radius 3 is 2.32 bits per heavy atom. The summed E-state index contributed by atoms with van der Waals surface area (Å²) in [5.41, 5.74) is 3.69. The van der Waals surface area contributed by atoms with Gasteiger partial charge in [0.05, 0.1) is 12.7 Å². The van der Waals surface area contributed by atoms with Gasteiger partial charge < -0.3 is 4.74 Å². The second-order valence-corrected chi connectivity index (χ2v) is 7.34. The lowest BCUT2D eigenvalue weighted by molar-refractivity contribution is 0.0600. The van der Waals surface area contributed by atoms with Crippen LogP contribution < -0.4 is 0 Å². The molecule has 0 aliphatic heterocycles. The van der Waals surface area contributed by atoms with E-state index in [1.165, 1.54) is 24.7 Å². The van der Waals surface area contributed by atoms with E-state index < -0.39 is 0 Å². The highest BCUT2D eigenvalue weighted by Crippen LogP contribution is 2.55. The fourth-order valence-corrected chi connectivity index (χ4v) is 3.72. The van der Waals surface area contributed by atoms with Gasteiger partial charge in [0.2, 0.25) is 0 Å².